The van der Waals surface area contributed by atoms with Crippen molar-refractivity contribution in [2.24, 2.45) is 0 Å². The Labute approximate surface area is 116 Å². The molecule has 0 aromatic heterocycles. The molecule has 0 saturated carbocycles. The molecule has 0 aliphatic heterocycles. The van der Waals surface area contributed by atoms with Gasteiger partial charge in [-0.1, -0.05) is 30.7 Å². The maximum absolute atomic E-state index is 13.6. The van der Waals surface area contributed by atoms with E-state index < -0.39 is 11.7 Å². The Morgan fingerprint density at radius 1 is 1.21 bits per heavy atom. The third-order valence-corrected chi connectivity index (χ3v) is 3.03. The van der Waals surface area contributed by atoms with Gasteiger partial charge in [-0.05, 0) is 42.3 Å². The molecule has 2 rings (SSSR count). The van der Waals surface area contributed by atoms with Gasteiger partial charge in [0.1, 0.15) is 5.82 Å². The molecule has 2 aromatic rings. The Balaban J connectivity index is 2.15. The molecule has 0 spiro atoms. The quantitative estimate of drug-likeness (QED) is 0.891. The molecule has 0 radical (unpaired) electrons. The monoisotopic (exact) mass is 277 g/mol. The van der Waals surface area contributed by atoms with Gasteiger partial charge in [-0.2, -0.15) is 0 Å². The summed E-state index contributed by atoms with van der Waals surface area (Å²) in [5.41, 5.74) is 1.79. The number of halogens is 2. The molecule has 2 nitrogen and oxygen atoms in total. The topological polar surface area (TPSA) is 29.1 Å². The maximum Gasteiger partial charge on any atom is 0.258 e. The van der Waals surface area contributed by atoms with Gasteiger partial charge in [0, 0.05) is 10.7 Å². The van der Waals surface area contributed by atoms with Crippen LogP contribution in [0.1, 0.15) is 22.8 Å². The van der Waals surface area contributed by atoms with Crippen molar-refractivity contribution in [3.8, 4) is 0 Å². The highest BCUT2D eigenvalue weighted by atomic mass is 35.5. The molecule has 0 unspecified atom stereocenters. The molecule has 2 aromatic carbocycles. The minimum atomic E-state index is -0.629. The highest BCUT2D eigenvalue weighted by Crippen LogP contribution is 2.17. The third-order valence-electron chi connectivity index (χ3n) is 2.80. The van der Waals surface area contributed by atoms with Crippen LogP contribution in [0.4, 0.5) is 10.1 Å². The highest BCUT2D eigenvalue weighted by molar-refractivity contribution is 6.30. The lowest BCUT2D eigenvalue weighted by Gasteiger charge is -2.07. The van der Waals surface area contributed by atoms with Crippen LogP contribution in [0.3, 0.4) is 0 Å². The Bertz CT molecular complexity index is 596. The van der Waals surface area contributed by atoms with E-state index >= 15 is 0 Å². The SMILES string of the molecule is CCc1ccc(NC(=O)c2ccc(Cl)cc2F)cc1. The summed E-state index contributed by atoms with van der Waals surface area (Å²) in [6.07, 6.45) is 0.931. The number of nitrogens with one attached hydrogen (secondary N) is 1. The van der Waals surface area contributed by atoms with Crippen molar-refractivity contribution < 1.29 is 9.18 Å². The fourth-order valence-corrected chi connectivity index (χ4v) is 1.85. The summed E-state index contributed by atoms with van der Waals surface area (Å²) in [5.74, 6) is -1.12. The van der Waals surface area contributed by atoms with Crippen molar-refractivity contribution in [2.45, 2.75) is 13.3 Å². The number of hydrogen-bond acceptors (Lipinski definition) is 1. The maximum atomic E-state index is 13.6. The average Bonchev–Trinajstić information content (AvgIpc) is 2.39. The zero-order valence-corrected chi connectivity index (χ0v) is 11.2. The van der Waals surface area contributed by atoms with Gasteiger partial charge in [-0.15, -0.1) is 0 Å². The van der Waals surface area contributed by atoms with Gasteiger partial charge in [0.05, 0.1) is 5.56 Å². The van der Waals surface area contributed by atoms with E-state index in [0.717, 1.165) is 12.5 Å². The van der Waals surface area contributed by atoms with Crippen LogP contribution in [0, 0.1) is 5.82 Å². The number of carbonyl (C=O) groups is 1. The molecule has 0 fully saturated rings. The Morgan fingerprint density at radius 2 is 1.89 bits per heavy atom. The molecule has 98 valence electrons. The second-order valence-electron chi connectivity index (χ2n) is 4.13. The Morgan fingerprint density at radius 3 is 2.47 bits per heavy atom. The lowest BCUT2D eigenvalue weighted by Crippen LogP contribution is -2.13. The van der Waals surface area contributed by atoms with E-state index in [4.69, 9.17) is 11.6 Å². The van der Waals surface area contributed by atoms with Crippen LogP contribution in [-0.4, -0.2) is 5.91 Å². The van der Waals surface area contributed by atoms with Gasteiger partial charge in [0.25, 0.3) is 5.91 Å². The normalized spacial score (nSPS) is 10.3. The zero-order chi connectivity index (χ0) is 13.8. The molecule has 0 aliphatic rings. The summed E-state index contributed by atoms with van der Waals surface area (Å²) in [7, 11) is 0. The zero-order valence-electron chi connectivity index (χ0n) is 10.4. The van der Waals surface area contributed by atoms with E-state index in [2.05, 4.69) is 12.2 Å². The molecule has 0 saturated heterocycles. The molecular formula is C15H13ClFNO. The van der Waals surface area contributed by atoms with Crippen molar-refractivity contribution in [3.05, 3.63) is 64.4 Å². The van der Waals surface area contributed by atoms with Crippen LogP contribution in [0.25, 0.3) is 0 Å². The number of carbonyl (C=O) groups excluding carboxylic acids is 1. The molecule has 0 heterocycles. The summed E-state index contributed by atoms with van der Waals surface area (Å²) >= 11 is 5.64. The third kappa shape index (κ3) is 3.32. The molecular weight excluding hydrogens is 265 g/mol. The number of amides is 1. The number of benzene rings is 2. The van der Waals surface area contributed by atoms with E-state index in [9.17, 15) is 9.18 Å². The molecule has 1 N–H and O–H groups in total. The number of aryl methyl sites for hydroxylation is 1. The standard InChI is InChI=1S/C15H13ClFNO/c1-2-10-3-6-12(7-4-10)18-15(19)13-8-5-11(16)9-14(13)17/h3-9H,2H2,1H3,(H,18,19). The van der Waals surface area contributed by atoms with Crippen molar-refractivity contribution in [1.82, 2.24) is 0 Å². The van der Waals surface area contributed by atoms with E-state index in [1.54, 1.807) is 12.1 Å². The van der Waals surface area contributed by atoms with E-state index in [1.807, 2.05) is 12.1 Å². The predicted molar refractivity (Wildman–Crippen MR) is 75.2 cm³/mol. The fourth-order valence-electron chi connectivity index (χ4n) is 1.70. The second-order valence-corrected chi connectivity index (χ2v) is 4.57. The fraction of sp³-hybridized carbons (Fsp3) is 0.133. The van der Waals surface area contributed by atoms with Crippen LogP contribution in [-0.2, 0) is 6.42 Å². The molecule has 0 bridgehead atoms. The molecule has 1 amide bonds. The minimum absolute atomic E-state index is 0.0241. The summed E-state index contributed by atoms with van der Waals surface area (Å²) in [5, 5.41) is 2.91. The van der Waals surface area contributed by atoms with Crippen LogP contribution in [0.15, 0.2) is 42.5 Å². The van der Waals surface area contributed by atoms with Crippen molar-refractivity contribution in [2.75, 3.05) is 5.32 Å². The number of hydrogen-bond donors (Lipinski definition) is 1. The minimum Gasteiger partial charge on any atom is -0.322 e. The summed E-state index contributed by atoms with van der Waals surface area (Å²) in [4.78, 5) is 11.9. The van der Waals surface area contributed by atoms with Crippen molar-refractivity contribution in [3.63, 3.8) is 0 Å². The van der Waals surface area contributed by atoms with Crippen LogP contribution in [0.2, 0.25) is 5.02 Å². The summed E-state index contributed by atoms with van der Waals surface area (Å²) in [6.45, 7) is 2.05. The predicted octanol–water partition coefficient (Wildman–Crippen LogP) is 4.29. The van der Waals surface area contributed by atoms with Crippen molar-refractivity contribution in [1.29, 1.82) is 0 Å². The molecule has 0 atom stereocenters. The first-order chi connectivity index (χ1) is 9.10. The van der Waals surface area contributed by atoms with Crippen LogP contribution >= 0.6 is 11.6 Å². The second kappa shape index (κ2) is 5.85. The van der Waals surface area contributed by atoms with Crippen LogP contribution < -0.4 is 5.32 Å². The first-order valence-corrected chi connectivity index (χ1v) is 6.33. The highest BCUT2D eigenvalue weighted by Gasteiger charge is 2.12. The van der Waals surface area contributed by atoms with Crippen LogP contribution in [0.5, 0.6) is 0 Å². The Hall–Kier alpha value is -1.87. The van der Waals surface area contributed by atoms with E-state index in [1.165, 1.54) is 17.7 Å². The van der Waals surface area contributed by atoms with E-state index in [-0.39, 0.29) is 10.6 Å². The first kappa shape index (κ1) is 13.6. The summed E-state index contributed by atoms with van der Waals surface area (Å²) < 4.78 is 13.6. The van der Waals surface area contributed by atoms with E-state index in [0.29, 0.717) is 5.69 Å². The van der Waals surface area contributed by atoms with Gasteiger partial charge in [0.15, 0.2) is 0 Å². The van der Waals surface area contributed by atoms with Gasteiger partial charge in [-0.25, -0.2) is 4.39 Å². The largest absolute Gasteiger partial charge is 0.322 e. The first-order valence-electron chi connectivity index (χ1n) is 5.95. The van der Waals surface area contributed by atoms with Gasteiger partial charge >= 0.3 is 0 Å². The smallest absolute Gasteiger partial charge is 0.258 e. The van der Waals surface area contributed by atoms with Gasteiger partial charge in [0.2, 0.25) is 0 Å². The average molecular weight is 278 g/mol. The van der Waals surface area contributed by atoms with Gasteiger partial charge < -0.3 is 5.32 Å². The summed E-state index contributed by atoms with van der Waals surface area (Å²) in [6, 6.07) is 11.4. The molecule has 4 heteroatoms. The Kier molecular flexibility index (Phi) is 4.17. The molecule has 19 heavy (non-hydrogen) atoms. The lowest BCUT2D eigenvalue weighted by molar-refractivity contribution is 0.102. The van der Waals surface area contributed by atoms with Gasteiger partial charge in [-0.3, -0.25) is 4.79 Å². The lowest BCUT2D eigenvalue weighted by atomic mass is 10.1. The number of anilines is 1. The molecule has 0 aliphatic carbocycles. The van der Waals surface area contributed by atoms with Crippen molar-refractivity contribution >= 4 is 23.2 Å². The number of rotatable bonds is 3.